The van der Waals surface area contributed by atoms with E-state index in [4.69, 9.17) is 9.47 Å². The van der Waals surface area contributed by atoms with Gasteiger partial charge in [-0.05, 0) is 19.8 Å². The Morgan fingerprint density at radius 1 is 1.07 bits per heavy atom. The monoisotopic (exact) mass is 216 g/mol. The van der Waals surface area contributed by atoms with Gasteiger partial charge < -0.3 is 9.47 Å². The van der Waals surface area contributed by atoms with Crippen molar-refractivity contribution in [1.29, 1.82) is 0 Å². The van der Waals surface area contributed by atoms with Crippen LogP contribution in [0.4, 0.5) is 0 Å². The number of carbonyl (C=O) groups is 2. The van der Waals surface area contributed by atoms with E-state index in [9.17, 15) is 9.59 Å². The zero-order valence-corrected chi connectivity index (χ0v) is 9.75. The Morgan fingerprint density at radius 2 is 1.60 bits per heavy atom. The van der Waals surface area contributed by atoms with E-state index in [0.717, 1.165) is 12.8 Å². The van der Waals surface area contributed by atoms with E-state index in [1.807, 2.05) is 13.8 Å². The number of esters is 2. The smallest absolute Gasteiger partial charge is 0.306 e. The Morgan fingerprint density at radius 3 is 2.13 bits per heavy atom. The SMILES string of the molecule is CCCC(=O)OC[C@H](C)OC(=O)CCC. The van der Waals surface area contributed by atoms with Gasteiger partial charge in [0.15, 0.2) is 0 Å². The van der Waals surface area contributed by atoms with Crippen molar-refractivity contribution in [3.05, 3.63) is 0 Å². The first-order valence-electron chi connectivity index (χ1n) is 5.45. The molecule has 0 N–H and O–H groups in total. The van der Waals surface area contributed by atoms with E-state index >= 15 is 0 Å². The Balaban J connectivity index is 3.60. The minimum atomic E-state index is -0.357. The number of hydrogen-bond donors (Lipinski definition) is 0. The van der Waals surface area contributed by atoms with Crippen LogP contribution in [0, 0.1) is 0 Å². The molecule has 15 heavy (non-hydrogen) atoms. The quantitative estimate of drug-likeness (QED) is 0.611. The van der Waals surface area contributed by atoms with E-state index in [-0.39, 0.29) is 24.6 Å². The highest BCUT2D eigenvalue weighted by molar-refractivity contribution is 5.70. The molecule has 0 aromatic rings. The van der Waals surface area contributed by atoms with Gasteiger partial charge in [0.2, 0.25) is 0 Å². The lowest BCUT2D eigenvalue weighted by atomic mass is 10.3. The van der Waals surface area contributed by atoms with Crippen molar-refractivity contribution in [3.63, 3.8) is 0 Å². The first kappa shape index (κ1) is 13.9. The maximum atomic E-state index is 11.1. The zero-order chi connectivity index (χ0) is 11.7. The van der Waals surface area contributed by atoms with Crippen molar-refractivity contribution in [2.24, 2.45) is 0 Å². The van der Waals surface area contributed by atoms with E-state index in [1.54, 1.807) is 6.92 Å². The van der Waals surface area contributed by atoms with Gasteiger partial charge in [-0.25, -0.2) is 0 Å². The van der Waals surface area contributed by atoms with Crippen molar-refractivity contribution < 1.29 is 19.1 Å². The molecule has 0 bridgehead atoms. The third-order valence-electron chi connectivity index (χ3n) is 1.72. The standard InChI is InChI=1S/C11H20O4/c1-4-6-10(12)14-8-9(3)15-11(13)7-5-2/h9H,4-8H2,1-3H3/t9-/m0/s1. The third-order valence-corrected chi connectivity index (χ3v) is 1.72. The second-order valence-electron chi connectivity index (χ2n) is 3.48. The highest BCUT2D eigenvalue weighted by Crippen LogP contribution is 1.99. The van der Waals surface area contributed by atoms with Crippen LogP contribution in [0.15, 0.2) is 0 Å². The molecule has 0 amide bonds. The normalized spacial score (nSPS) is 11.9. The van der Waals surface area contributed by atoms with Gasteiger partial charge in [0, 0.05) is 12.8 Å². The molecule has 88 valence electrons. The van der Waals surface area contributed by atoms with Gasteiger partial charge in [-0.15, -0.1) is 0 Å². The molecule has 0 aliphatic heterocycles. The average molecular weight is 216 g/mol. The van der Waals surface area contributed by atoms with Crippen LogP contribution in [0.2, 0.25) is 0 Å². The fourth-order valence-corrected chi connectivity index (χ4v) is 1.01. The third kappa shape index (κ3) is 7.97. The molecule has 0 aliphatic carbocycles. The maximum absolute atomic E-state index is 11.1. The van der Waals surface area contributed by atoms with Crippen molar-refractivity contribution in [2.75, 3.05) is 6.61 Å². The van der Waals surface area contributed by atoms with Gasteiger partial charge in [-0.1, -0.05) is 13.8 Å². The summed E-state index contributed by atoms with van der Waals surface area (Å²) < 4.78 is 9.91. The van der Waals surface area contributed by atoms with Gasteiger partial charge in [-0.3, -0.25) is 9.59 Å². The molecule has 0 radical (unpaired) electrons. The summed E-state index contributed by atoms with van der Waals surface area (Å²) in [6.45, 7) is 5.68. The highest BCUT2D eigenvalue weighted by Gasteiger charge is 2.10. The summed E-state index contributed by atoms with van der Waals surface area (Å²) in [6.07, 6.45) is 2.00. The number of ether oxygens (including phenoxy) is 2. The summed E-state index contributed by atoms with van der Waals surface area (Å²) in [6, 6.07) is 0. The predicted molar refractivity (Wildman–Crippen MR) is 56.3 cm³/mol. The van der Waals surface area contributed by atoms with Crippen LogP contribution in [-0.4, -0.2) is 24.6 Å². The maximum Gasteiger partial charge on any atom is 0.306 e. The van der Waals surface area contributed by atoms with Crippen LogP contribution in [0.1, 0.15) is 46.5 Å². The largest absolute Gasteiger partial charge is 0.462 e. The molecule has 0 saturated carbocycles. The highest BCUT2D eigenvalue weighted by atomic mass is 16.6. The van der Waals surface area contributed by atoms with Crippen molar-refractivity contribution in [3.8, 4) is 0 Å². The molecule has 0 aromatic heterocycles. The summed E-state index contributed by atoms with van der Waals surface area (Å²) in [4.78, 5) is 22.1. The Kier molecular flexibility index (Phi) is 7.68. The van der Waals surface area contributed by atoms with Gasteiger partial charge in [0.05, 0.1) is 0 Å². The van der Waals surface area contributed by atoms with Gasteiger partial charge in [0.1, 0.15) is 12.7 Å². The molecule has 1 atom stereocenters. The molecule has 4 heteroatoms. The summed E-state index contributed by atoms with van der Waals surface area (Å²) in [5.41, 5.74) is 0. The molecule has 0 unspecified atom stereocenters. The number of carbonyl (C=O) groups excluding carboxylic acids is 2. The molecule has 0 aliphatic rings. The van der Waals surface area contributed by atoms with Crippen LogP contribution in [0.3, 0.4) is 0 Å². The number of hydrogen-bond acceptors (Lipinski definition) is 4. The van der Waals surface area contributed by atoms with Gasteiger partial charge in [0.25, 0.3) is 0 Å². The Labute approximate surface area is 90.9 Å². The molecular formula is C11H20O4. The summed E-state index contributed by atoms with van der Waals surface area (Å²) >= 11 is 0. The van der Waals surface area contributed by atoms with E-state index < -0.39 is 0 Å². The first-order valence-corrected chi connectivity index (χ1v) is 5.45. The lowest BCUT2D eigenvalue weighted by Gasteiger charge is -2.13. The zero-order valence-electron chi connectivity index (χ0n) is 9.75. The molecule has 0 aromatic carbocycles. The molecule has 0 saturated heterocycles. The van der Waals surface area contributed by atoms with Crippen LogP contribution >= 0.6 is 0 Å². The van der Waals surface area contributed by atoms with Crippen LogP contribution in [-0.2, 0) is 19.1 Å². The van der Waals surface area contributed by atoms with Crippen molar-refractivity contribution >= 4 is 11.9 Å². The number of rotatable bonds is 7. The second kappa shape index (κ2) is 8.26. The van der Waals surface area contributed by atoms with Crippen LogP contribution < -0.4 is 0 Å². The van der Waals surface area contributed by atoms with E-state index in [0.29, 0.717) is 12.8 Å². The van der Waals surface area contributed by atoms with Gasteiger partial charge in [-0.2, -0.15) is 0 Å². The summed E-state index contributed by atoms with van der Waals surface area (Å²) in [5.74, 6) is -0.479. The van der Waals surface area contributed by atoms with Gasteiger partial charge >= 0.3 is 11.9 Å². The minimum absolute atomic E-state index is 0.147. The fraction of sp³-hybridized carbons (Fsp3) is 0.818. The molecule has 4 nitrogen and oxygen atoms in total. The lowest BCUT2D eigenvalue weighted by molar-refractivity contribution is -0.158. The second-order valence-corrected chi connectivity index (χ2v) is 3.48. The van der Waals surface area contributed by atoms with Crippen LogP contribution in [0.25, 0.3) is 0 Å². The Hall–Kier alpha value is -1.06. The predicted octanol–water partition coefficient (Wildman–Crippen LogP) is 2.06. The Bertz CT molecular complexity index is 201. The lowest BCUT2D eigenvalue weighted by Crippen LogP contribution is -2.22. The molecule has 0 spiro atoms. The van der Waals surface area contributed by atoms with Crippen LogP contribution in [0.5, 0.6) is 0 Å². The fourth-order valence-electron chi connectivity index (χ4n) is 1.01. The molecule has 0 rings (SSSR count). The van der Waals surface area contributed by atoms with E-state index in [1.165, 1.54) is 0 Å². The van der Waals surface area contributed by atoms with Crippen molar-refractivity contribution in [1.82, 2.24) is 0 Å². The van der Waals surface area contributed by atoms with E-state index in [2.05, 4.69) is 0 Å². The summed E-state index contributed by atoms with van der Waals surface area (Å²) in [5, 5.41) is 0. The molecule has 0 heterocycles. The minimum Gasteiger partial charge on any atom is -0.462 e. The molecule has 0 fully saturated rings. The van der Waals surface area contributed by atoms with Crippen molar-refractivity contribution in [2.45, 2.75) is 52.6 Å². The first-order chi connectivity index (χ1) is 7.10. The summed E-state index contributed by atoms with van der Waals surface area (Å²) in [7, 11) is 0. The average Bonchev–Trinajstić information content (AvgIpc) is 2.15. The topological polar surface area (TPSA) is 52.6 Å². The molecular weight excluding hydrogens is 196 g/mol.